The number of aryl methyl sites for hydroxylation is 1. The molecule has 0 spiro atoms. The first-order valence-electron chi connectivity index (χ1n) is 12.4. The second kappa shape index (κ2) is 11.4. The third-order valence-corrected chi connectivity index (χ3v) is 8.57. The molecule has 6 rings (SSSR count). The van der Waals surface area contributed by atoms with Crippen LogP contribution in [0.3, 0.4) is 0 Å². The number of thioether (sulfide) groups is 2. The van der Waals surface area contributed by atoms with Crippen LogP contribution in [0.15, 0.2) is 101 Å². The summed E-state index contributed by atoms with van der Waals surface area (Å²) in [5.41, 5.74) is 2.58. The van der Waals surface area contributed by atoms with E-state index in [1.165, 1.54) is 16.7 Å². The molecule has 0 radical (unpaired) electrons. The molecule has 4 heterocycles. The van der Waals surface area contributed by atoms with E-state index in [2.05, 4.69) is 30.8 Å². The number of aromatic amines is 1. The number of H-pyrrole nitrogens is 1. The van der Waals surface area contributed by atoms with Gasteiger partial charge in [-0.2, -0.15) is 0 Å². The molecule has 2 aliphatic rings. The van der Waals surface area contributed by atoms with Crippen molar-refractivity contribution in [2.24, 2.45) is 7.05 Å². The molecule has 2 aromatic heterocycles. The van der Waals surface area contributed by atoms with Crippen molar-refractivity contribution in [3.63, 3.8) is 0 Å². The fourth-order valence-corrected chi connectivity index (χ4v) is 6.44. The van der Waals surface area contributed by atoms with Crippen molar-refractivity contribution < 1.29 is 14.3 Å². The molecule has 4 aromatic rings. The molecule has 0 unspecified atom stereocenters. The van der Waals surface area contributed by atoms with Crippen LogP contribution in [0.2, 0.25) is 0 Å². The number of carbonyl (C=O) groups excluding carboxylic acids is 2. The zero-order chi connectivity index (χ0) is 27.5. The summed E-state index contributed by atoms with van der Waals surface area (Å²) in [6.45, 7) is 0. The van der Waals surface area contributed by atoms with Crippen LogP contribution in [0.5, 0.6) is 0 Å². The Morgan fingerprint density at radius 1 is 1.18 bits per heavy atom. The van der Waals surface area contributed by atoms with Crippen LogP contribution in [0.25, 0.3) is 0 Å². The fourth-order valence-electron chi connectivity index (χ4n) is 4.50. The summed E-state index contributed by atoms with van der Waals surface area (Å²) in [5.74, 6) is 0.203. The predicted octanol–water partition coefficient (Wildman–Crippen LogP) is 3.52. The van der Waals surface area contributed by atoms with Gasteiger partial charge >= 0.3 is 5.97 Å². The van der Waals surface area contributed by atoms with E-state index >= 15 is 0 Å². The van der Waals surface area contributed by atoms with Crippen LogP contribution >= 0.6 is 23.5 Å². The smallest absolute Gasteiger partial charge is 0.356 e. The minimum Gasteiger partial charge on any atom is -0.448 e. The van der Waals surface area contributed by atoms with Gasteiger partial charge in [-0.15, -0.1) is 16.9 Å². The number of nitrogens with one attached hydrogen (secondary N) is 2. The number of imidazole rings is 1. The number of rotatable bonds is 9. The zero-order valence-electron chi connectivity index (χ0n) is 21.2. The van der Waals surface area contributed by atoms with E-state index in [1.54, 1.807) is 35.9 Å². The van der Waals surface area contributed by atoms with Crippen molar-refractivity contribution in [1.29, 1.82) is 0 Å². The number of hydrogen-bond acceptors (Lipinski definition) is 10. The molecule has 2 aliphatic heterocycles. The highest BCUT2D eigenvalue weighted by Crippen LogP contribution is 2.43. The molecule has 2 atom stereocenters. The van der Waals surface area contributed by atoms with Gasteiger partial charge in [0.05, 0.1) is 0 Å². The summed E-state index contributed by atoms with van der Waals surface area (Å²) in [7, 11) is 1.75. The van der Waals surface area contributed by atoms with E-state index in [1.807, 2.05) is 72.1 Å². The summed E-state index contributed by atoms with van der Waals surface area (Å²) >= 11 is 2.88. The van der Waals surface area contributed by atoms with Crippen LogP contribution in [-0.2, 0) is 21.4 Å². The lowest BCUT2D eigenvalue weighted by molar-refractivity contribution is -0.152. The number of nitrogens with zero attached hydrogens (tertiary/aromatic N) is 6. The number of esters is 1. The summed E-state index contributed by atoms with van der Waals surface area (Å²) < 4.78 is 7.74. The molecular weight excluding hydrogens is 548 g/mol. The van der Waals surface area contributed by atoms with Crippen molar-refractivity contribution in [3.05, 3.63) is 107 Å². The Labute approximate surface area is 238 Å². The number of tetrazole rings is 1. The van der Waals surface area contributed by atoms with Gasteiger partial charge < -0.3 is 15.0 Å². The van der Waals surface area contributed by atoms with E-state index in [-0.39, 0.29) is 17.0 Å². The number of amides is 1. The average Bonchev–Trinajstić information content (AvgIpc) is 3.66. The van der Waals surface area contributed by atoms with Crippen molar-refractivity contribution in [1.82, 2.24) is 35.1 Å². The summed E-state index contributed by atoms with van der Waals surface area (Å²) in [4.78, 5) is 36.1. The quantitative estimate of drug-likeness (QED) is 0.174. The Kier molecular flexibility index (Phi) is 7.38. The molecule has 0 saturated carbocycles. The molecule has 202 valence electrons. The summed E-state index contributed by atoms with van der Waals surface area (Å²) in [6.07, 6.45) is 4.47. The fraction of sp³-hybridized carbons (Fsp3) is 0.185. The molecule has 2 N–H and O–H groups in total. The van der Waals surface area contributed by atoms with Gasteiger partial charge in [-0.1, -0.05) is 72.4 Å². The van der Waals surface area contributed by atoms with Crippen LogP contribution in [0, 0.1) is 0 Å². The normalized spacial score (nSPS) is 18.6. The monoisotopic (exact) mass is 572 g/mol. The maximum atomic E-state index is 14.0. The summed E-state index contributed by atoms with van der Waals surface area (Å²) in [6, 6.07) is 18.6. The number of ether oxygens (including phenoxy) is 1. The third kappa shape index (κ3) is 5.12. The number of aromatic nitrogens is 6. The number of fused-ring (bicyclic) bond motifs is 1. The molecule has 1 amide bonds. The van der Waals surface area contributed by atoms with Gasteiger partial charge in [-0.05, 0) is 38.6 Å². The summed E-state index contributed by atoms with van der Waals surface area (Å²) in [5, 5.41) is 16.7. The van der Waals surface area contributed by atoms with Gasteiger partial charge in [0.2, 0.25) is 11.1 Å². The minimum absolute atomic E-state index is 0.229. The molecule has 0 aliphatic carbocycles. The number of allylic oxidation sites excluding steroid dienone is 1. The predicted molar refractivity (Wildman–Crippen MR) is 151 cm³/mol. The van der Waals surface area contributed by atoms with Crippen LogP contribution < -0.4 is 5.32 Å². The van der Waals surface area contributed by atoms with Crippen LogP contribution in [-0.4, -0.2) is 64.1 Å². The Hall–Kier alpha value is -4.36. The van der Waals surface area contributed by atoms with Crippen molar-refractivity contribution in [2.75, 3.05) is 11.1 Å². The Morgan fingerprint density at radius 3 is 2.52 bits per heavy atom. The highest BCUT2D eigenvalue weighted by atomic mass is 32.2. The third-order valence-electron chi connectivity index (χ3n) is 6.44. The van der Waals surface area contributed by atoms with Crippen molar-refractivity contribution >= 4 is 41.3 Å². The number of β-lactam (4-membered cyclic amide) rings is 1. The van der Waals surface area contributed by atoms with Gasteiger partial charge in [0.25, 0.3) is 5.91 Å². The highest BCUT2D eigenvalue weighted by Gasteiger charge is 2.54. The molecule has 0 bridgehead atoms. The Morgan fingerprint density at radius 2 is 1.90 bits per heavy atom. The Bertz CT molecular complexity index is 1520. The van der Waals surface area contributed by atoms with Crippen LogP contribution in [0.1, 0.15) is 17.2 Å². The molecule has 1 fully saturated rings. The molecule has 2 aromatic carbocycles. The van der Waals surface area contributed by atoms with Crippen molar-refractivity contribution in [2.45, 2.75) is 22.7 Å². The number of carbonyl (C=O) groups is 2. The van der Waals surface area contributed by atoms with Gasteiger partial charge in [0, 0.05) is 25.2 Å². The number of hydrogen-bond donors (Lipinski definition) is 2. The molecular formula is C27H24N8O3S2. The molecule has 13 heteroatoms. The van der Waals surface area contributed by atoms with Gasteiger partial charge in [-0.3, -0.25) is 9.69 Å². The zero-order valence-corrected chi connectivity index (χ0v) is 22.9. The second-order valence-corrected chi connectivity index (χ2v) is 10.9. The standard InChI is InChI=1S/C27H24N8O3S2/c1-34-27(31-32-33-34)39-15-12-19-16-40-24-20(30-26-28-13-14-29-26)23(36)35(24)21(19)25(37)38-22(17-8-4-2-5-9-17)18-10-6-3-7-11-18/h2-15,20,22,24H,16H2,1H3,(H2,28,29,30)/t20-,24-/m0/s1. The van der Waals surface area contributed by atoms with Gasteiger partial charge in [0.1, 0.15) is 17.1 Å². The average molecular weight is 573 g/mol. The lowest BCUT2D eigenvalue weighted by atomic mass is 10.0. The second-order valence-electron chi connectivity index (χ2n) is 8.96. The number of benzene rings is 2. The van der Waals surface area contributed by atoms with Crippen LogP contribution in [0.4, 0.5) is 5.95 Å². The lowest BCUT2D eigenvalue weighted by Gasteiger charge is -2.49. The maximum Gasteiger partial charge on any atom is 0.356 e. The van der Waals surface area contributed by atoms with E-state index < -0.39 is 18.1 Å². The minimum atomic E-state index is -0.645. The molecule has 11 nitrogen and oxygen atoms in total. The maximum absolute atomic E-state index is 14.0. The topological polar surface area (TPSA) is 131 Å². The van der Waals surface area contributed by atoms with E-state index in [4.69, 9.17) is 4.74 Å². The highest BCUT2D eigenvalue weighted by molar-refractivity contribution is 8.02. The first-order valence-corrected chi connectivity index (χ1v) is 14.3. The van der Waals surface area contributed by atoms with Crippen molar-refractivity contribution in [3.8, 4) is 0 Å². The number of anilines is 1. The van der Waals surface area contributed by atoms with Gasteiger partial charge in [-0.25, -0.2) is 14.5 Å². The Balaban J connectivity index is 1.32. The van der Waals surface area contributed by atoms with Gasteiger partial charge in [0.15, 0.2) is 6.10 Å². The largest absolute Gasteiger partial charge is 0.448 e. The lowest BCUT2D eigenvalue weighted by Crippen LogP contribution is -2.67. The molecule has 1 saturated heterocycles. The van der Waals surface area contributed by atoms with E-state index in [9.17, 15) is 9.59 Å². The molecule has 40 heavy (non-hydrogen) atoms. The first kappa shape index (κ1) is 25.9. The van der Waals surface area contributed by atoms with E-state index in [0.29, 0.717) is 22.4 Å². The SMILES string of the molecule is Cn1nnnc1SC=CC1=C(C(=O)OC(c2ccccc2)c2ccccc2)N2C(=O)[C@H](Nc3ncc[nH]3)[C@@H]2SC1. The van der Waals surface area contributed by atoms with E-state index in [0.717, 1.165) is 11.1 Å². The first-order chi connectivity index (χ1) is 19.6.